The van der Waals surface area contributed by atoms with Crippen molar-refractivity contribution in [3.8, 4) is 0 Å². The van der Waals surface area contributed by atoms with Crippen molar-refractivity contribution in [2.45, 2.75) is 26.3 Å². The molecule has 3 rings (SSSR count). The van der Waals surface area contributed by atoms with E-state index in [4.69, 9.17) is 23.2 Å². The predicted molar refractivity (Wildman–Crippen MR) is 106 cm³/mol. The first-order chi connectivity index (χ1) is 12.4. The third kappa shape index (κ3) is 3.79. The molecule has 2 amide bonds. The highest BCUT2D eigenvalue weighted by atomic mass is 35.5. The average Bonchev–Trinajstić information content (AvgIpc) is 3.02. The first-order valence-electron chi connectivity index (χ1n) is 8.29. The van der Waals surface area contributed by atoms with E-state index in [9.17, 15) is 9.59 Å². The number of rotatable bonds is 4. The summed E-state index contributed by atoms with van der Waals surface area (Å²) in [7, 11) is 0. The van der Waals surface area contributed by atoms with Crippen molar-refractivity contribution in [3.05, 3.63) is 52.0 Å². The Hall–Kier alpha value is -2.24. The molecule has 0 aromatic heterocycles. The van der Waals surface area contributed by atoms with Crippen molar-refractivity contribution in [3.63, 3.8) is 0 Å². The molecule has 2 N–H and O–H groups in total. The maximum atomic E-state index is 12.4. The lowest BCUT2D eigenvalue weighted by molar-refractivity contribution is -0.117. The maximum Gasteiger partial charge on any atom is 0.246 e. The normalized spacial score (nSPS) is 13.9. The Kier molecular flexibility index (Phi) is 5.39. The van der Waals surface area contributed by atoms with E-state index in [1.54, 1.807) is 36.9 Å². The Bertz CT molecular complexity index is 870. The molecule has 7 heteroatoms. The highest BCUT2D eigenvalue weighted by Crippen LogP contribution is 2.31. The molecule has 1 atom stereocenters. The second-order valence-electron chi connectivity index (χ2n) is 6.22. The van der Waals surface area contributed by atoms with Gasteiger partial charge < -0.3 is 15.5 Å². The molecule has 2 aromatic rings. The largest absolute Gasteiger partial charge is 0.374 e. The van der Waals surface area contributed by atoms with Crippen LogP contribution < -0.4 is 15.5 Å². The average molecular weight is 392 g/mol. The number of benzene rings is 2. The molecule has 0 saturated heterocycles. The smallest absolute Gasteiger partial charge is 0.246 e. The number of carbonyl (C=O) groups excluding carboxylic acids is 2. The molecule has 26 heavy (non-hydrogen) atoms. The summed E-state index contributed by atoms with van der Waals surface area (Å²) in [5.41, 5.74) is 3.33. The fourth-order valence-electron chi connectivity index (χ4n) is 2.98. The number of hydrogen-bond donors (Lipinski definition) is 2. The van der Waals surface area contributed by atoms with Gasteiger partial charge in [-0.3, -0.25) is 9.59 Å². The summed E-state index contributed by atoms with van der Waals surface area (Å²) in [5, 5.41) is 6.66. The number of nitrogens with zero attached hydrogens (tertiary/aromatic N) is 1. The molecule has 136 valence electrons. The molecule has 0 fully saturated rings. The molecular formula is C19H19Cl2N3O2. The molecule has 1 heterocycles. The van der Waals surface area contributed by atoms with Crippen molar-refractivity contribution >= 4 is 52.1 Å². The number of carbonyl (C=O) groups is 2. The molecule has 5 nitrogen and oxygen atoms in total. The first kappa shape index (κ1) is 18.5. The molecule has 1 aliphatic heterocycles. The van der Waals surface area contributed by atoms with E-state index in [0.717, 1.165) is 23.4 Å². The number of amides is 2. The van der Waals surface area contributed by atoms with Crippen molar-refractivity contribution in [1.29, 1.82) is 0 Å². The van der Waals surface area contributed by atoms with Gasteiger partial charge in [0.2, 0.25) is 11.8 Å². The summed E-state index contributed by atoms with van der Waals surface area (Å²) in [6.45, 7) is 4.02. The summed E-state index contributed by atoms with van der Waals surface area (Å²) >= 11 is 12.1. The van der Waals surface area contributed by atoms with Gasteiger partial charge in [0.25, 0.3) is 0 Å². The monoisotopic (exact) mass is 391 g/mol. The minimum absolute atomic E-state index is 0.0376. The van der Waals surface area contributed by atoms with E-state index in [-0.39, 0.29) is 11.8 Å². The zero-order valence-corrected chi connectivity index (χ0v) is 16.0. The lowest BCUT2D eigenvalue weighted by Crippen LogP contribution is -2.32. The van der Waals surface area contributed by atoms with Gasteiger partial charge in [-0.2, -0.15) is 0 Å². The number of anilines is 3. The van der Waals surface area contributed by atoms with Crippen LogP contribution in [0.15, 0.2) is 36.4 Å². The minimum atomic E-state index is -0.478. The van der Waals surface area contributed by atoms with Crippen LogP contribution in [0.5, 0.6) is 0 Å². The molecule has 1 aliphatic rings. The summed E-state index contributed by atoms with van der Waals surface area (Å²) in [6, 6.07) is 10.4. The Labute approximate surface area is 162 Å². The molecule has 2 aromatic carbocycles. The molecular weight excluding hydrogens is 373 g/mol. The quantitative estimate of drug-likeness (QED) is 0.814. The van der Waals surface area contributed by atoms with Gasteiger partial charge in [0, 0.05) is 24.8 Å². The van der Waals surface area contributed by atoms with Gasteiger partial charge in [0.1, 0.15) is 6.04 Å². The molecule has 0 spiro atoms. The topological polar surface area (TPSA) is 61.4 Å². The summed E-state index contributed by atoms with van der Waals surface area (Å²) in [5.74, 6) is -0.185. The second kappa shape index (κ2) is 7.56. The third-order valence-corrected chi connectivity index (χ3v) is 5.16. The summed E-state index contributed by atoms with van der Waals surface area (Å²) < 4.78 is 0. The Morgan fingerprint density at radius 3 is 2.69 bits per heavy atom. The Morgan fingerprint density at radius 1 is 1.19 bits per heavy atom. The van der Waals surface area contributed by atoms with Crippen molar-refractivity contribution in [2.75, 3.05) is 22.1 Å². The second-order valence-corrected chi connectivity index (χ2v) is 7.01. The zero-order valence-electron chi connectivity index (χ0n) is 14.5. The van der Waals surface area contributed by atoms with Gasteiger partial charge in [0.05, 0.1) is 15.7 Å². The molecule has 0 aliphatic carbocycles. The fraction of sp³-hybridized carbons (Fsp3) is 0.263. The Morgan fingerprint density at radius 2 is 1.96 bits per heavy atom. The third-order valence-electron chi connectivity index (χ3n) is 4.34. The highest BCUT2D eigenvalue weighted by Gasteiger charge is 2.23. The SMILES string of the molecule is CC(=O)N1CCc2cc(NC(C)C(=O)Nc3cccc(Cl)c3Cl)ccc21. The van der Waals surface area contributed by atoms with Crippen LogP contribution in [0.2, 0.25) is 10.0 Å². The van der Waals surface area contributed by atoms with Crippen LogP contribution in [0.4, 0.5) is 17.1 Å². The van der Waals surface area contributed by atoms with Gasteiger partial charge in [0.15, 0.2) is 0 Å². The summed E-state index contributed by atoms with van der Waals surface area (Å²) in [4.78, 5) is 25.8. The van der Waals surface area contributed by atoms with Crippen molar-refractivity contribution < 1.29 is 9.59 Å². The number of halogens is 2. The summed E-state index contributed by atoms with van der Waals surface area (Å²) in [6.07, 6.45) is 0.809. The molecule has 0 saturated carbocycles. The van der Waals surface area contributed by atoms with E-state index in [1.807, 2.05) is 18.2 Å². The van der Waals surface area contributed by atoms with Crippen LogP contribution in [0.25, 0.3) is 0 Å². The highest BCUT2D eigenvalue weighted by molar-refractivity contribution is 6.44. The van der Waals surface area contributed by atoms with Crippen LogP contribution in [-0.2, 0) is 16.0 Å². The number of hydrogen-bond acceptors (Lipinski definition) is 3. The molecule has 1 unspecified atom stereocenters. The fourth-order valence-corrected chi connectivity index (χ4v) is 3.32. The molecule has 0 radical (unpaired) electrons. The first-order valence-corrected chi connectivity index (χ1v) is 9.05. The standard InChI is InChI=1S/C19H19Cl2N3O2/c1-11(19(26)23-16-5-3-4-15(20)18(16)21)22-14-6-7-17-13(10-14)8-9-24(17)12(2)25/h3-7,10-11,22H,8-9H2,1-2H3,(H,23,26). The number of fused-ring (bicyclic) bond motifs is 1. The van der Waals surface area contributed by atoms with Gasteiger partial charge in [-0.15, -0.1) is 0 Å². The zero-order chi connectivity index (χ0) is 18.8. The van der Waals surface area contributed by atoms with E-state index < -0.39 is 6.04 Å². The lowest BCUT2D eigenvalue weighted by atomic mass is 10.1. The van der Waals surface area contributed by atoms with Crippen LogP contribution in [0, 0.1) is 0 Å². The van der Waals surface area contributed by atoms with Crippen molar-refractivity contribution in [2.24, 2.45) is 0 Å². The van der Waals surface area contributed by atoms with Gasteiger partial charge in [-0.25, -0.2) is 0 Å². The van der Waals surface area contributed by atoms with E-state index >= 15 is 0 Å². The number of nitrogens with one attached hydrogen (secondary N) is 2. The van der Waals surface area contributed by atoms with E-state index in [2.05, 4.69) is 10.6 Å². The van der Waals surface area contributed by atoms with Crippen LogP contribution in [0.3, 0.4) is 0 Å². The van der Waals surface area contributed by atoms with Crippen molar-refractivity contribution in [1.82, 2.24) is 0 Å². The molecule has 0 bridgehead atoms. The lowest BCUT2D eigenvalue weighted by Gasteiger charge is -2.18. The van der Waals surface area contributed by atoms with Gasteiger partial charge in [-0.1, -0.05) is 29.3 Å². The van der Waals surface area contributed by atoms with Crippen LogP contribution in [0.1, 0.15) is 19.4 Å². The van der Waals surface area contributed by atoms with Gasteiger partial charge >= 0.3 is 0 Å². The van der Waals surface area contributed by atoms with E-state index in [1.165, 1.54) is 0 Å². The van der Waals surface area contributed by atoms with Gasteiger partial charge in [-0.05, 0) is 49.2 Å². The van der Waals surface area contributed by atoms with E-state index in [0.29, 0.717) is 22.3 Å². The predicted octanol–water partition coefficient (Wildman–Crippen LogP) is 4.34. The minimum Gasteiger partial charge on any atom is -0.374 e. The maximum absolute atomic E-state index is 12.4. The van der Waals surface area contributed by atoms with Crippen LogP contribution in [-0.4, -0.2) is 24.4 Å². The Balaban J connectivity index is 1.68. The van der Waals surface area contributed by atoms with Crippen LogP contribution >= 0.6 is 23.2 Å².